The second kappa shape index (κ2) is 7.00. The first-order valence-corrected chi connectivity index (χ1v) is 7.08. The number of carbonyl (C=O) groups is 2. The summed E-state index contributed by atoms with van der Waals surface area (Å²) in [5.41, 5.74) is 2.07. The highest BCUT2D eigenvalue weighted by atomic mass is 16.4. The summed E-state index contributed by atoms with van der Waals surface area (Å²) in [6.45, 7) is 1.99. The van der Waals surface area contributed by atoms with E-state index in [4.69, 9.17) is 10.2 Å². The normalized spacial score (nSPS) is 11.9. The number of aliphatic hydroxyl groups is 1. The fraction of sp³-hybridized carbons (Fsp3) is 0.222. The lowest BCUT2D eigenvalue weighted by atomic mass is 9.96. The molecular formula is C18H18O4. The van der Waals surface area contributed by atoms with Crippen LogP contribution in [0.15, 0.2) is 48.5 Å². The summed E-state index contributed by atoms with van der Waals surface area (Å²) in [7, 11) is 0. The highest BCUT2D eigenvalue weighted by Gasteiger charge is 2.16. The first-order valence-electron chi connectivity index (χ1n) is 7.08. The van der Waals surface area contributed by atoms with E-state index in [0.717, 1.165) is 11.1 Å². The molecule has 2 rings (SSSR count). The second-order valence-corrected chi connectivity index (χ2v) is 5.28. The van der Waals surface area contributed by atoms with Crippen LogP contribution in [0.25, 0.3) is 0 Å². The van der Waals surface area contributed by atoms with Gasteiger partial charge < -0.3 is 10.2 Å². The topological polar surface area (TPSA) is 74.6 Å². The van der Waals surface area contributed by atoms with Crippen molar-refractivity contribution in [3.8, 4) is 0 Å². The second-order valence-electron chi connectivity index (χ2n) is 5.28. The summed E-state index contributed by atoms with van der Waals surface area (Å²) in [5.74, 6) is -1.27. The minimum atomic E-state index is -1.10. The van der Waals surface area contributed by atoms with Crippen LogP contribution in [0.3, 0.4) is 0 Å². The number of ketones is 1. The van der Waals surface area contributed by atoms with Gasteiger partial charge in [0.05, 0.1) is 5.56 Å². The van der Waals surface area contributed by atoms with Gasteiger partial charge in [-0.2, -0.15) is 0 Å². The van der Waals surface area contributed by atoms with Crippen LogP contribution >= 0.6 is 0 Å². The molecule has 4 heteroatoms. The Bertz CT molecular complexity index is 674. The zero-order chi connectivity index (χ0) is 16.1. The van der Waals surface area contributed by atoms with Gasteiger partial charge in [0.2, 0.25) is 0 Å². The van der Waals surface area contributed by atoms with Crippen LogP contribution in [0, 0.1) is 0 Å². The molecule has 0 aromatic heterocycles. The number of aromatic carboxylic acids is 1. The van der Waals surface area contributed by atoms with Crippen molar-refractivity contribution >= 4 is 11.8 Å². The number of rotatable bonds is 6. The van der Waals surface area contributed by atoms with Crippen LogP contribution in [-0.4, -0.2) is 28.6 Å². The van der Waals surface area contributed by atoms with Crippen molar-refractivity contribution in [3.05, 3.63) is 70.8 Å². The molecule has 0 fully saturated rings. The van der Waals surface area contributed by atoms with E-state index in [-0.39, 0.29) is 35.9 Å². The summed E-state index contributed by atoms with van der Waals surface area (Å²) in [6, 6.07) is 13.7. The van der Waals surface area contributed by atoms with Crippen molar-refractivity contribution in [2.45, 2.75) is 19.3 Å². The first kappa shape index (κ1) is 15.9. The summed E-state index contributed by atoms with van der Waals surface area (Å²) in [5, 5.41) is 18.3. The summed E-state index contributed by atoms with van der Waals surface area (Å²) < 4.78 is 0. The van der Waals surface area contributed by atoms with Gasteiger partial charge in [-0.25, -0.2) is 4.79 Å². The highest BCUT2D eigenvalue weighted by molar-refractivity contribution is 6.06. The number of benzene rings is 2. The lowest BCUT2D eigenvalue weighted by molar-refractivity contribution is 0.0692. The Morgan fingerprint density at radius 2 is 1.59 bits per heavy atom. The van der Waals surface area contributed by atoms with Crippen molar-refractivity contribution in [3.63, 3.8) is 0 Å². The molecule has 2 aromatic rings. The smallest absolute Gasteiger partial charge is 0.336 e. The van der Waals surface area contributed by atoms with Gasteiger partial charge in [0.25, 0.3) is 0 Å². The molecule has 2 aromatic carbocycles. The van der Waals surface area contributed by atoms with E-state index in [2.05, 4.69) is 0 Å². The van der Waals surface area contributed by atoms with E-state index in [1.54, 1.807) is 12.1 Å². The fourth-order valence-corrected chi connectivity index (χ4v) is 2.26. The van der Waals surface area contributed by atoms with E-state index >= 15 is 0 Å². The van der Waals surface area contributed by atoms with Crippen LogP contribution in [0.1, 0.15) is 44.7 Å². The average molecular weight is 298 g/mol. The van der Waals surface area contributed by atoms with Crippen LogP contribution in [0.5, 0.6) is 0 Å². The Labute approximate surface area is 129 Å². The number of hydrogen-bond donors (Lipinski definition) is 2. The molecule has 2 N–H and O–H groups in total. The fourth-order valence-electron chi connectivity index (χ4n) is 2.26. The number of carbonyl (C=O) groups excluding carboxylic acids is 1. The lowest BCUT2D eigenvalue weighted by Gasteiger charge is -2.09. The maximum absolute atomic E-state index is 12.3. The van der Waals surface area contributed by atoms with Crippen LogP contribution in [0.2, 0.25) is 0 Å². The molecule has 22 heavy (non-hydrogen) atoms. The highest BCUT2D eigenvalue weighted by Crippen LogP contribution is 2.17. The van der Waals surface area contributed by atoms with Gasteiger partial charge in [0, 0.05) is 24.5 Å². The molecular weight excluding hydrogens is 280 g/mol. The quantitative estimate of drug-likeness (QED) is 0.804. The van der Waals surface area contributed by atoms with E-state index in [1.165, 1.54) is 12.1 Å². The Hall–Kier alpha value is -2.46. The third kappa shape index (κ3) is 3.59. The van der Waals surface area contributed by atoms with Gasteiger partial charge in [-0.1, -0.05) is 49.4 Å². The first-order chi connectivity index (χ1) is 10.5. The molecule has 0 aliphatic carbocycles. The van der Waals surface area contributed by atoms with E-state index in [0.29, 0.717) is 0 Å². The summed E-state index contributed by atoms with van der Waals surface area (Å²) in [4.78, 5) is 23.5. The van der Waals surface area contributed by atoms with Crippen LogP contribution in [0.4, 0.5) is 0 Å². The predicted octanol–water partition coefficient (Wildman–Crippen LogP) is 2.91. The molecule has 114 valence electrons. The molecule has 0 saturated heterocycles. The third-order valence-electron chi connectivity index (χ3n) is 3.65. The Kier molecular flexibility index (Phi) is 5.07. The van der Waals surface area contributed by atoms with Crippen LogP contribution < -0.4 is 0 Å². The zero-order valence-corrected chi connectivity index (χ0v) is 12.3. The summed E-state index contributed by atoms with van der Waals surface area (Å²) in [6.07, 6.45) is 0.151. The molecule has 0 radical (unpaired) electrons. The predicted molar refractivity (Wildman–Crippen MR) is 83.4 cm³/mol. The van der Waals surface area contributed by atoms with Crippen molar-refractivity contribution in [1.82, 2.24) is 0 Å². The van der Waals surface area contributed by atoms with Gasteiger partial charge in [0.15, 0.2) is 5.78 Å². The minimum Gasteiger partial charge on any atom is -0.478 e. The number of aliphatic hydroxyl groups excluding tert-OH is 1. The van der Waals surface area contributed by atoms with Gasteiger partial charge in [-0.05, 0) is 17.2 Å². The lowest BCUT2D eigenvalue weighted by Crippen LogP contribution is -2.10. The molecule has 1 unspecified atom stereocenters. The van der Waals surface area contributed by atoms with Gasteiger partial charge in [-0.15, -0.1) is 0 Å². The van der Waals surface area contributed by atoms with E-state index in [9.17, 15) is 9.59 Å². The van der Waals surface area contributed by atoms with Crippen molar-refractivity contribution in [2.24, 2.45) is 0 Å². The van der Waals surface area contributed by atoms with Gasteiger partial charge >= 0.3 is 5.97 Å². The van der Waals surface area contributed by atoms with E-state index < -0.39 is 5.97 Å². The molecule has 0 bridgehead atoms. The third-order valence-corrected chi connectivity index (χ3v) is 3.65. The SMILES string of the molecule is CC(CO)c1ccc(CC(=O)c2ccccc2C(=O)O)cc1. The van der Waals surface area contributed by atoms with Crippen LogP contribution in [-0.2, 0) is 6.42 Å². The molecule has 0 spiro atoms. The van der Waals surface area contributed by atoms with Crippen molar-refractivity contribution in [2.75, 3.05) is 6.61 Å². The molecule has 0 aliphatic rings. The minimum absolute atomic E-state index is 0.0259. The van der Waals surface area contributed by atoms with Crippen molar-refractivity contribution in [1.29, 1.82) is 0 Å². The zero-order valence-electron chi connectivity index (χ0n) is 12.3. The standard InChI is InChI=1S/C18H18O4/c1-12(11-19)14-8-6-13(7-9-14)10-17(20)15-4-2-3-5-16(15)18(21)22/h2-9,12,19H,10-11H2,1H3,(H,21,22). The molecule has 4 nitrogen and oxygen atoms in total. The Balaban J connectivity index is 2.17. The molecule has 0 amide bonds. The average Bonchev–Trinajstić information content (AvgIpc) is 2.54. The molecule has 0 saturated carbocycles. The Morgan fingerprint density at radius 1 is 1.00 bits per heavy atom. The number of Topliss-reactive ketones (excluding diaryl/α,β-unsaturated/α-hetero) is 1. The van der Waals surface area contributed by atoms with E-state index in [1.807, 2.05) is 31.2 Å². The monoisotopic (exact) mass is 298 g/mol. The van der Waals surface area contributed by atoms with Gasteiger partial charge in [0.1, 0.15) is 0 Å². The number of carboxylic acid groups (broad SMARTS) is 1. The number of hydrogen-bond acceptors (Lipinski definition) is 3. The largest absolute Gasteiger partial charge is 0.478 e. The maximum Gasteiger partial charge on any atom is 0.336 e. The van der Waals surface area contributed by atoms with Gasteiger partial charge in [-0.3, -0.25) is 4.79 Å². The van der Waals surface area contributed by atoms with Crippen molar-refractivity contribution < 1.29 is 19.8 Å². The molecule has 1 atom stereocenters. The summed E-state index contributed by atoms with van der Waals surface area (Å²) >= 11 is 0. The Morgan fingerprint density at radius 3 is 2.14 bits per heavy atom. The maximum atomic E-state index is 12.3. The molecule has 0 heterocycles. The molecule has 0 aliphatic heterocycles. The number of carboxylic acids is 1.